The van der Waals surface area contributed by atoms with E-state index in [9.17, 15) is 4.79 Å². The van der Waals surface area contributed by atoms with Crippen LogP contribution in [0.2, 0.25) is 0 Å². The number of aryl methyl sites for hydroxylation is 1. The molecule has 1 heterocycles. The van der Waals surface area contributed by atoms with Gasteiger partial charge in [0.2, 0.25) is 0 Å². The minimum absolute atomic E-state index is 0.00910. The van der Waals surface area contributed by atoms with Crippen LogP contribution in [0.1, 0.15) is 55.5 Å². The fraction of sp³-hybridized carbons (Fsp3) is 0.588. The minimum Gasteiger partial charge on any atom is -0.478 e. The first-order valence-electron chi connectivity index (χ1n) is 7.74. The molecule has 1 unspecified atom stereocenters. The van der Waals surface area contributed by atoms with Crippen LogP contribution >= 0.6 is 0 Å². The maximum Gasteiger partial charge on any atom is 0.335 e. The number of rotatable bonds is 5. The van der Waals surface area contributed by atoms with Gasteiger partial charge in [0, 0.05) is 18.3 Å². The third-order valence-corrected chi connectivity index (χ3v) is 4.61. The van der Waals surface area contributed by atoms with Crippen molar-refractivity contribution in [2.45, 2.75) is 58.1 Å². The monoisotopic (exact) mass is 291 g/mol. The topological polar surface area (TPSA) is 58.6 Å². The molecule has 0 spiro atoms. The van der Waals surface area contributed by atoms with Gasteiger partial charge in [-0.25, -0.2) is 4.79 Å². The Morgan fingerprint density at radius 2 is 2.14 bits per heavy atom. The zero-order valence-corrected chi connectivity index (χ0v) is 13.1. The van der Waals surface area contributed by atoms with Crippen LogP contribution in [0.15, 0.2) is 18.2 Å². The Bertz CT molecular complexity index is 509. The van der Waals surface area contributed by atoms with E-state index in [4.69, 9.17) is 9.84 Å². The molecule has 1 atom stereocenters. The van der Waals surface area contributed by atoms with Gasteiger partial charge in [0.15, 0.2) is 0 Å². The average Bonchev–Trinajstić information content (AvgIpc) is 2.49. The molecule has 1 aliphatic heterocycles. The molecule has 1 aromatic rings. The molecule has 0 aliphatic carbocycles. The van der Waals surface area contributed by atoms with Gasteiger partial charge in [-0.2, -0.15) is 0 Å². The molecule has 116 valence electrons. The highest BCUT2D eigenvalue weighted by Crippen LogP contribution is 2.33. The third kappa shape index (κ3) is 3.56. The molecule has 21 heavy (non-hydrogen) atoms. The summed E-state index contributed by atoms with van der Waals surface area (Å²) in [7, 11) is 0. The van der Waals surface area contributed by atoms with E-state index < -0.39 is 5.97 Å². The molecule has 2 rings (SSSR count). The number of hydrogen-bond acceptors (Lipinski definition) is 3. The van der Waals surface area contributed by atoms with Crippen molar-refractivity contribution in [3.63, 3.8) is 0 Å². The Labute approximate surface area is 126 Å². The number of aromatic carboxylic acids is 1. The lowest BCUT2D eigenvalue weighted by molar-refractivity contribution is -0.0864. The number of ether oxygens (including phenoxy) is 1. The molecule has 0 bridgehead atoms. The van der Waals surface area contributed by atoms with Crippen LogP contribution in [0.4, 0.5) is 5.69 Å². The lowest BCUT2D eigenvalue weighted by Gasteiger charge is -2.40. The second-order valence-electron chi connectivity index (χ2n) is 5.91. The molecular weight excluding hydrogens is 266 g/mol. The highest BCUT2D eigenvalue weighted by Gasteiger charge is 2.34. The number of hydrogen-bond donors (Lipinski definition) is 2. The van der Waals surface area contributed by atoms with Gasteiger partial charge in [-0.1, -0.05) is 13.8 Å². The number of carboxylic acid groups (broad SMARTS) is 1. The summed E-state index contributed by atoms with van der Waals surface area (Å²) in [6.07, 6.45) is 4.04. The van der Waals surface area contributed by atoms with Crippen molar-refractivity contribution in [1.29, 1.82) is 0 Å². The summed E-state index contributed by atoms with van der Waals surface area (Å²) in [5, 5.41) is 12.6. The zero-order chi connectivity index (χ0) is 15.5. The van der Waals surface area contributed by atoms with E-state index in [2.05, 4.69) is 19.2 Å². The summed E-state index contributed by atoms with van der Waals surface area (Å²) >= 11 is 0. The average molecular weight is 291 g/mol. The number of anilines is 1. The van der Waals surface area contributed by atoms with Crippen LogP contribution in [0.3, 0.4) is 0 Å². The summed E-state index contributed by atoms with van der Waals surface area (Å²) in [5.41, 5.74) is 2.32. The van der Waals surface area contributed by atoms with Gasteiger partial charge in [0.05, 0.1) is 11.2 Å². The van der Waals surface area contributed by atoms with E-state index in [1.54, 1.807) is 12.1 Å². The quantitative estimate of drug-likeness (QED) is 0.865. The van der Waals surface area contributed by atoms with E-state index >= 15 is 0 Å². The van der Waals surface area contributed by atoms with Crippen LogP contribution < -0.4 is 5.32 Å². The summed E-state index contributed by atoms with van der Waals surface area (Å²) in [6, 6.07) is 5.63. The third-order valence-electron chi connectivity index (χ3n) is 4.61. The zero-order valence-electron chi connectivity index (χ0n) is 13.1. The lowest BCUT2D eigenvalue weighted by Crippen LogP contribution is -2.43. The second kappa shape index (κ2) is 6.48. The van der Waals surface area contributed by atoms with Crippen molar-refractivity contribution in [3.05, 3.63) is 29.3 Å². The second-order valence-corrected chi connectivity index (χ2v) is 5.91. The van der Waals surface area contributed by atoms with Crippen molar-refractivity contribution < 1.29 is 14.6 Å². The predicted octanol–water partition coefficient (Wildman–Crippen LogP) is 3.84. The first-order chi connectivity index (χ1) is 9.99. The van der Waals surface area contributed by atoms with Gasteiger partial charge < -0.3 is 15.2 Å². The fourth-order valence-electron chi connectivity index (χ4n) is 3.07. The van der Waals surface area contributed by atoms with Crippen LogP contribution in [-0.4, -0.2) is 29.3 Å². The maximum absolute atomic E-state index is 11.0. The SMILES string of the molecule is CCC1(CC)CC(Nc2ccc(C(=O)O)cc2C)CCO1. The minimum atomic E-state index is -0.883. The molecule has 0 radical (unpaired) electrons. The van der Waals surface area contributed by atoms with Crippen molar-refractivity contribution in [1.82, 2.24) is 0 Å². The molecule has 4 nitrogen and oxygen atoms in total. The van der Waals surface area contributed by atoms with Gasteiger partial charge in [-0.05, 0) is 56.4 Å². The maximum atomic E-state index is 11.0. The number of benzene rings is 1. The van der Waals surface area contributed by atoms with Gasteiger partial charge >= 0.3 is 5.97 Å². The summed E-state index contributed by atoms with van der Waals surface area (Å²) in [6.45, 7) is 7.09. The molecule has 1 aromatic carbocycles. The van der Waals surface area contributed by atoms with Crippen LogP contribution in [-0.2, 0) is 4.74 Å². The Hall–Kier alpha value is -1.55. The predicted molar refractivity (Wildman–Crippen MR) is 84.0 cm³/mol. The van der Waals surface area contributed by atoms with Crippen LogP contribution in [0.5, 0.6) is 0 Å². The summed E-state index contributed by atoms with van der Waals surface area (Å²) < 4.78 is 5.99. The summed E-state index contributed by atoms with van der Waals surface area (Å²) in [5.74, 6) is -0.883. The van der Waals surface area contributed by atoms with Gasteiger partial charge in [0.25, 0.3) is 0 Å². The molecule has 0 aromatic heterocycles. The van der Waals surface area contributed by atoms with E-state index in [-0.39, 0.29) is 5.60 Å². The number of carbonyl (C=O) groups is 1. The van der Waals surface area contributed by atoms with E-state index in [1.165, 1.54) is 0 Å². The Kier molecular flexibility index (Phi) is 4.88. The first kappa shape index (κ1) is 15.8. The highest BCUT2D eigenvalue weighted by molar-refractivity contribution is 5.88. The smallest absolute Gasteiger partial charge is 0.335 e. The molecule has 0 saturated carbocycles. The fourth-order valence-corrected chi connectivity index (χ4v) is 3.07. The van der Waals surface area contributed by atoms with E-state index in [1.807, 2.05) is 13.0 Å². The van der Waals surface area contributed by atoms with E-state index in [0.29, 0.717) is 11.6 Å². The van der Waals surface area contributed by atoms with Gasteiger partial charge in [0.1, 0.15) is 0 Å². The largest absolute Gasteiger partial charge is 0.478 e. The van der Waals surface area contributed by atoms with Crippen LogP contribution in [0, 0.1) is 6.92 Å². The number of nitrogens with one attached hydrogen (secondary N) is 1. The molecule has 2 N–H and O–H groups in total. The molecular formula is C17H25NO3. The Morgan fingerprint density at radius 1 is 1.43 bits per heavy atom. The van der Waals surface area contributed by atoms with Crippen molar-refractivity contribution >= 4 is 11.7 Å². The Balaban J connectivity index is 2.09. The normalized spacial score (nSPS) is 21.0. The molecule has 4 heteroatoms. The van der Waals surface area contributed by atoms with Crippen molar-refractivity contribution in [3.8, 4) is 0 Å². The summed E-state index contributed by atoms with van der Waals surface area (Å²) in [4.78, 5) is 11.0. The van der Waals surface area contributed by atoms with Crippen molar-refractivity contribution in [2.24, 2.45) is 0 Å². The molecule has 1 fully saturated rings. The molecule has 1 aliphatic rings. The number of carboxylic acids is 1. The molecule has 0 amide bonds. The van der Waals surface area contributed by atoms with Crippen molar-refractivity contribution in [2.75, 3.05) is 11.9 Å². The van der Waals surface area contributed by atoms with Crippen LogP contribution in [0.25, 0.3) is 0 Å². The standard InChI is InChI=1S/C17H25NO3/c1-4-17(5-2)11-14(8-9-21-17)18-15-7-6-13(16(19)20)10-12(15)3/h6-7,10,14,18H,4-5,8-9,11H2,1-3H3,(H,19,20). The highest BCUT2D eigenvalue weighted by atomic mass is 16.5. The van der Waals surface area contributed by atoms with Gasteiger partial charge in [-0.15, -0.1) is 0 Å². The Morgan fingerprint density at radius 3 is 2.71 bits per heavy atom. The first-order valence-corrected chi connectivity index (χ1v) is 7.74. The van der Waals surface area contributed by atoms with E-state index in [0.717, 1.165) is 43.5 Å². The van der Waals surface area contributed by atoms with Gasteiger partial charge in [-0.3, -0.25) is 0 Å². The molecule has 1 saturated heterocycles. The lowest BCUT2D eigenvalue weighted by atomic mass is 9.85.